The number of ether oxygens (including phenoxy) is 2. The molecule has 1 aliphatic rings. The molecule has 4 N–H and O–H groups in total. The van der Waals surface area contributed by atoms with E-state index in [9.17, 15) is 4.79 Å². The zero-order chi connectivity index (χ0) is 14.4. The summed E-state index contributed by atoms with van der Waals surface area (Å²) in [6.45, 7) is 2.51. The van der Waals surface area contributed by atoms with E-state index in [1.165, 1.54) is 0 Å². The molecule has 1 amide bonds. The zero-order valence-corrected chi connectivity index (χ0v) is 12.9. The van der Waals surface area contributed by atoms with Crippen molar-refractivity contribution < 1.29 is 19.6 Å². The summed E-state index contributed by atoms with van der Waals surface area (Å²) >= 11 is 3.45. The lowest BCUT2D eigenvalue weighted by Crippen LogP contribution is -2.84. The van der Waals surface area contributed by atoms with Crippen LogP contribution in [0.5, 0.6) is 5.75 Å². The Morgan fingerprint density at radius 2 is 2.40 bits per heavy atom. The average Bonchev–Trinajstić information content (AvgIpc) is 2.91. The summed E-state index contributed by atoms with van der Waals surface area (Å²) in [6.07, 6.45) is 2.65. The summed E-state index contributed by atoms with van der Waals surface area (Å²) in [5, 5.41) is 2.20. The van der Waals surface area contributed by atoms with Gasteiger partial charge in [-0.25, -0.2) is 0 Å². The molecule has 6 heteroatoms. The number of quaternary nitrogens is 1. The Labute approximate surface area is 126 Å². The van der Waals surface area contributed by atoms with Crippen LogP contribution < -0.4 is 15.8 Å². The van der Waals surface area contributed by atoms with Gasteiger partial charge in [-0.3, -0.25) is 4.79 Å². The summed E-state index contributed by atoms with van der Waals surface area (Å²) < 4.78 is 12.0. The molecule has 0 spiro atoms. The zero-order valence-electron chi connectivity index (χ0n) is 11.3. The van der Waals surface area contributed by atoms with Crippen molar-refractivity contribution in [2.24, 2.45) is 5.73 Å². The first kappa shape index (κ1) is 15.3. The van der Waals surface area contributed by atoms with Crippen molar-refractivity contribution in [3.63, 3.8) is 0 Å². The maximum Gasteiger partial charge on any atom is 0.255 e. The topological polar surface area (TPSA) is 78.2 Å². The number of primary amides is 1. The highest BCUT2D eigenvalue weighted by Crippen LogP contribution is 2.22. The van der Waals surface area contributed by atoms with Gasteiger partial charge >= 0.3 is 0 Å². The fourth-order valence-electron chi connectivity index (χ4n) is 2.25. The highest BCUT2D eigenvalue weighted by molar-refractivity contribution is 9.10. The van der Waals surface area contributed by atoms with Gasteiger partial charge in [0, 0.05) is 16.6 Å². The first-order valence-corrected chi connectivity index (χ1v) is 7.57. The van der Waals surface area contributed by atoms with Crippen LogP contribution in [0.3, 0.4) is 0 Å². The van der Waals surface area contributed by atoms with Gasteiger partial charge in [-0.1, -0.05) is 15.9 Å². The molecule has 1 fully saturated rings. The molecule has 2 rings (SSSR count). The number of rotatable bonds is 7. The third-order valence-electron chi connectivity index (χ3n) is 3.21. The Bertz CT molecular complexity index is 462. The molecule has 1 aliphatic heterocycles. The predicted octanol–water partition coefficient (Wildman–Crippen LogP) is 0.556. The Morgan fingerprint density at radius 3 is 3.10 bits per heavy atom. The molecule has 0 unspecified atom stereocenters. The fourth-order valence-corrected chi connectivity index (χ4v) is 2.66. The second kappa shape index (κ2) is 7.61. The van der Waals surface area contributed by atoms with E-state index in [0.717, 1.165) is 42.6 Å². The van der Waals surface area contributed by atoms with E-state index in [1.54, 1.807) is 0 Å². The third kappa shape index (κ3) is 4.77. The lowest BCUT2D eigenvalue weighted by Gasteiger charge is -2.12. The maximum absolute atomic E-state index is 10.8. The van der Waals surface area contributed by atoms with Crippen molar-refractivity contribution in [1.29, 1.82) is 0 Å². The Kier molecular flexibility index (Phi) is 5.82. The van der Waals surface area contributed by atoms with E-state index in [0.29, 0.717) is 11.9 Å². The molecular formula is C14H20BrN2O3+. The van der Waals surface area contributed by atoms with Crippen LogP contribution in [-0.4, -0.2) is 31.8 Å². The van der Waals surface area contributed by atoms with Gasteiger partial charge < -0.3 is 20.5 Å². The van der Waals surface area contributed by atoms with Crippen molar-refractivity contribution in [2.45, 2.75) is 25.5 Å². The van der Waals surface area contributed by atoms with E-state index < -0.39 is 5.91 Å². The van der Waals surface area contributed by atoms with Crippen LogP contribution in [0.15, 0.2) is 22.7 Å². The number of amides is 1. The molecule has 0 saturated carbocycles. The second-order valence-electron chi connectivity index (χ2n) is 4.87. The van der Waals surface area contributed by atoms with Gasteiger partial charge in [0.05, 0.1) is 0 Å². The number of nitrogens with two attached hydrogens (primary N) is 2. The normalized spacial score (nSPS) is 18.1. The van der Waals surface area contributed by atoms with Crippen molar-refractivity contribution in [2.75, 3.05) is 19.8 Å². The van der Waals surface area contributed by atoms with Gasteiger partial charge in [0.2, 0.25) is 0 Å². The lowest BCUT2D eigenvalue weighted by molar-refractivity contribution is -0.676. The summed E-state index contributed by atoms with van der Waals surface area (Å²) in [4.78, 5) is 10.8. The summed E-state index contributed by atoms with van der Waals surface area (Å²) in [6, 6.07) is 5.74. The third-order valence-corrected chi connectivity index (χ3v) is 3.70. The van der Waals surface area contributed by atoms with Crippen molar-refractivity contribution in [3.05, 3.63) is 28.2 Å². The standard InChI is InChI=1S/C14H19BrN2O3/c15-11-3-4-13(20-9-14(16)18)10(6-11)7-17-8-12-2-1-5-19-12/h3-4,6,12,17H,1-2,5,7-9H2,(H2,16,18)/p+1/t12-/m0/s1. The quantitative estimate of drug-likeness (QED) is 0.759. The number of halogens is 1. The SMILES string of the molecule is NC(=O)COc1ccc(Br)cc1C[NH2+]C[C@@H]1CCCO1. The van der Waals surface area contributed by atoms with Crippen LogP contribution >= 0.6 is 15.9 Å². The molecule has 20 heavy (non-hydrogen) atoms. The molecule has 110 valence electrons. The van der Waals surface area contributed by atoms with Gasteiger partial charge in [0.1, 0.15) is 24.9 Å². The number of carbonyl (C=O) groups is 1. The lowest BCUT2D eigenvalue weighted by atomic mass is 10.2. The molecular weight excluding hydrogens is 324 g/mol. The van der Waals surface area contributed by atoms with E-state index in [-0.39, 0.29) is 6.61 Å². The molecule has 1 heterocycles. The molecule has 5 nitrogen and oxygen atoms in total. The molecule has 1 atom stereocenters. The van der Waals surface area contributed by atoms with Crippen LogP contribution in [0.25, 0.3) is 0 Å². The van der Waals surface area contributed by atoms with Crippen molar-refractivity contribution >= 4 is 21.8 Å². The summed E-state index contributed by atoms with van der Waals surface area (Å²) in [7, 11) is 0. The second-order valence-corrected chi connectivity index (χ2v) is 5.79. The fraction of sp³-hybridized carbons (Fsp3) is 0.500. The van der Waals surface area contributed by atoms with Crippen LogP contribution in [0, 0.1) is 0 Å². The highest BCUT2D eigenvalue weighted by atomic mass is 79.9. The largest absolute Gasteiger partial charge is 0.483 e. The first-order chi connectivity index (χ1) is 9.65. The molecule has 0 radical (unpaired) electrons. The van der Waals surface area contributed by atoms with Gasteiger partial charge in [-0.2, -0.15) is 0 Å². The van der Waals surface area contributed by atoms with Crippen LogP contribution in [0.1, 0.15) is 18.4 Å². The van der Waals surface area contributed by atoms with Crippen LogP contribution in [0.4, 0.5) is 0 Å². The van der Waals surface area contributed by atoms with Gasteiger partial charge in [0.25, 0.3) is 5.91 Å². The maximum atomic E-state index is 10.8. The minimum Gasteiger partial charge on any atom is -0.483 e. The van der Waals surface area contributed by atoms with E-state index in [1.807, 2.05) is 18.2 Å². The number of carbonyl (C=O) groups excluding carboxylic acids is 1. The number of benzene rings is 1. The smallest absolute Gasteiger partial charge is 0.255 e. The van der Waals surface area contributed by atoms with Gasteiger partial charge in [0.15, 0.2) is 6.61 Å². The van der Waals surface area contributed by atoms with E-state index >= 15 is 0 Å². The van der Waals surface area contributed by atoms with Crippen molar-refractivity contribution in [3.8, 4) is 5.75 Å². The molecule has 1 aromatic rings. The van der Waals surface area contributed by atoms with Gasteiger partial charge in [-0.15, -0.1) is 0 Å². The first-order valence-electron chi connectivity index (χ1n) is 6.78. The highest BCUT2D eigenvalue weighted by Gasteiger charge is 2.17. The summed E-state index contributed by atoms with van der Waals surface area (Å²) in [5.74, 6) is 0.234. The Hall–Kier alpha value is -1.11. The minimum atomic E-state index is -0.470. The molecule has 1 saturated heterocycles. The van der Waals surface area contributed by atoms with E-state index in [4.69, 9.17) is 15.2 Å². The van der Waals surface area contributed by atoms with Crippen LogP contribution in [0.2, 0.25) is 0 Å². The molecule has 0 aliphatic carbocycles. The molecule has 0 aromatic heterocycles. The summed E-state index contributed by atoms with van der Waals surface area (Å²) in [5.41, 5.74) is 6.15. The average molecular weight is 344 g/mol. The predicted molar refractivity (Wildman–Crippen MR) is 78.3 cm³/mol. The number of hydrogen-bond donors (Lipinski definition) is 2. The van der Waals surface area contributed by atoms with Crippen LogP contribution in [-0.2, 0) is 16.1 Å². The minimum absolute atomic E-state index is 0.0969. The molecule has 0 bridgehead atoms. The van der Waals surface area contributed by atoms with Gasteiger partial charge in [-0.05, 0) is 31.0 Å². The molecule has 1 aromatic carbocycles. The number of hydrogen-bond acceptors (Lipinski definition) is 3. The Morgan fingerprint density at radius 1 is 1.55 bits per heavy atom. The Balaban J connectivity index is 1.90. The van der Waals surface area contributed by atoms with Crippen molar-refractivity contribution in [1.82, 2.24) is 0 Å². The van der Waals surface area contributed by atoms with E-state index in [2.05, 4.69) is 21.2 Å². The monoisotopic (exact) mass is 343 g/mol.